The second-order valence-corrected chi connectivity index (χ2v) is 6.98. The van der Waals surface area contributed by atoms with E-state index in [1.165, 1.54) is 19.4 Å². The molecule has 0 saturated carbocycles. The zero-order valence-electron chi connectivity index (χ0n) is 14.8. The van der Waals surface area contributed by atoms with Crippen LogP contribution in [0.25, 0.3) is 0 Å². The summed E-state index contributed by atoms with van der Waals surface area (Å²) in [6.45, 7) is 17.3. The van der Waals surface area contributed by atoms with E-state index in [0.717, 1.165) is 37.1 Å². The third kappa shape index (κ3) is 7.14. The lowest BCUT2D eigenvalue weighted by atomic mass is 10.0. The fourth-order valence-electron chi connectivity index (χ4n) is 2.39. The number of rotatable bonds is 9. The normalized spacial score (nSPS) is 12.6. The van der Waals surface area contributed by atoms with Crippen LogP contribution in [-0.4, -0.2) is 23.5 Å². The topological polar surface area (TPSA) is 28.4 Å². The Labute approximate surface area is 131 Å². The van der Waals surface area contributed by atoms with Gasteiger partial charge in [-0.25, -0.2) is 0 Å². The molecule has 0 aliphatic rings. The lowest BCUT2D eigenvalue weighted by Gasteiger charge is -2.24. The van der Waals surface area contributed by atoms with E-state index in [9.17, 15) is 0 Å². The van der Waals surface area contributed by atoms with Gasteiger partial charge in [-0.05, 0) is 45.4 Å². The van der Waals surface area contributed by atoms with Crippen LogP contribution in [0.1, 0.15) is 65.9 Å². The Bertz CT molecular complexity index is 388. The molecule has 0 aliphatic heterocycles. The fourth-order valence-corrected chi connectivity index (χ4v) is 2.39. The predicted molar refractivity (Wildman–Crippen MR) is 90.3 cm³/mol. The largest absolute Gasteiger partial charge is 0.463 e. The van der Waals surface area contributed by atoms with Crippen molar-refractivity contribution in [2.45, 2.75) is 73.0 Å². The summed E-state index contributed by atoms with van der Waals surface area (Å²) in [4.78, 5) is 2.48. The molecule has 3 nitrogen and oxygen atoms in total. The Balaban J connectivity index is 2.51. The predicted octanol–water partition coefficient (Wildman–Crippen LogP) is 4.43. The molecule has 122 valence electrons. The van der Waals surface area contributed by atoms with E-state index >= 15 is 0 Å². The molecule has 0 amide bonds. The van der Waals surface area contributed by atoms with E-state index in [1.807, 2.05) is 0 Å². The Morgan fingerprint density at radius 1 is 1.10 bits per heavy atom. The highest BCUT2D eigenvalue weighted by Crippen LogP contribution is 2.15. The van der Waals surface area contributed by atoms with E-state index in [1.54, 1.807) is 0 Å². The molecule has 1 rings (SSSR count). The van der Waals surface area contributed by atoms with Gasteiger partial charge in [0.1, 0.15) is 11.5 Å². The molecule has 0 spiro atoms. The maximum atomic E-state index is 5.96. The van der Waals surface area contributed by atoms with Gasteiger partial charge >= 0.3 is 0 Å². The molecule has 0 unspecified atom stereocenters. The molecule has 1 N–H and O–H groups in total. The van der Waals surface area contributed by atoms with Crippen molar-refractivity contribution in [1.29, 1.82) is 0 Å². The fraction of sp³-hybridized carbons (Fsp3) is 0.778. The molecule has 0 bridgehead atoms. The van der Waals surface area contributed by atoms with Crippen LogP contribution >= 0.6 is 0 Å². The van der Waals surface area contributed by atoms with Gasteiger partial charge in [-0.15, -0.1) is 0 Å². The summed E-state index contributed by atoms with van der Waals surface area (Å²) in [6.07, 6.45) is 2.51. The molecule has 1 aromatic heterocycles. The third-order valence-electron chi connectivity index (χ3n) is 4.01. The number of nitrogens with one attached hydrogen (secondary N) is 1. The first-order chi connectivity index (χ1) is 9.87. The van der Waals surface area contributed by atoms with E-state index in [0.29, 0.717) is 0 Å². The minimum atomic E-state index is 0.123. The Hall–Kier alpha value is -0.800. The molecule has 0 aliphatic carbocycles. The molecular weight excluding hydrogens is 260 g/mol. The highest BCUT2D eigenvalue weighted by atomic mass is 16.3. The van der Waals surface area contributed by atoms with Crippen LogP contribution in [0, 0.1) is 5.92 Å². The lowest BCUT2D eigenvalue weighted by molar-refractivity contribution is 0.208. The van der Waals surface area contributed by atoms with Crippen LogP contribution in [0.4, 0.5) is 0 Å². The van der Waals surface area contributed by atoms with Crippen molar-refractivity contribution < 1.29 is 4.42 Å². The molecule has 0 atom stereocenters. The minimum absolute atomic E-state index is 0.123. The molecule has 21 heavy (non-hydrogen) atoms. The molecule has 1 heterocycles. The summed E-state index contributed by atoms with van der Waals surface area (Å²) in [5.74, 6) is 2.90. The van der Waals surface area contributed by atoms with Crippen LogP contribution in [-0.2, 0) is 13.1 Å². The van der Waals surface area contributed by atoms with Gasteiger partial charge < -0.3 is 9.73 Å². The van der Waals surface area contributed by atoms with Crippen molar-refractivity contribution in [3.63, 3.8) is 0 Å². The quantitative estimate of drug-likeness (QED) is 0.730. The molecule has 1 aromatic rings. The second kappa shape index (κ2) is 8.60. The van der Waals surface area contributed by atoms with Crippen molar-refractivity contribution in [3.05, 3.63) is 23.7 Å². The SMILES string of the molecule is CCC(CC)CN(CC)Cc1ccc(CNC(C)(C)C)o1. The molecule has 0 radical (unpaired) electrons. The summed E-state index contributed by atoms with van der Waals surface area (Å²) in [5.41, 5.74) is 0.123. The van der Waals surface area contributed by atoms with Crippen molar-refractivity contribution in [2.75, 3.05) is 13.1 Å². The summed E-state index contributed by atoms with van der Waals surface area (Å²) < 4.78 is 5.96. The first-order valence-corrected chi connectivity index (χ1v) is 8.42. The number of hydrogen-bond acceptors (Lipinski definition) is 3. The van der Waals surface area contributed by atoms with E-state index in [4.69, 9.17) is 4.42 Å². The highest BCUT2D eigenvalue weighted by molar-refractivity contribution is 5.07. The summed E-state index contributed by atoms with van der Waals surface area (Å²) in [6, 6.07) is 4.22. The van der Waals surface area contributed by atoms with E-state index in [-0.39, 0.29) is 5.54 Å². The smallest absolute Gasteiger partial charge is 0.118 e. The molecular formula is C18H34N2O. The first-order valence-electron chi connectivity index (χ1n) is 8.42. The van der Waals surface area contributed by atoms with Gasteiger partial charge in [0.15, 0.2) is 0 Å². The highest BCUT2D eigenvalue weighted by Gasteiger charge is 2.13. The maximum absolute atomic E-state index is 5.96. The molecule has 3 heteroatoms. The lowest BCUT2D eigenvalue weighted by Crippen LogP contribution is -2.34. The van der Waals surface area contributed by atoms with Crippen LogP contribution in [0.3, 0.4) is 0 Å². The summed E-state index contributed by atoms with van der Waals surface area (Å²) in [5, 5.41) is 3.46. The standard InChI is InChI=1S/C18H34N2O/c1-7-15(8-2)13-20(9-3)14-17-11-10-16(21-17)12-19-18(4,5)6/h10-11,15,19H,7-9,12-14H2,1-6H3. The summed E-state index contributed by atoms with van der Waals surface area (Å²) >= 11 is 0. The van der Waals surface area contributed by atoms with E-state index < -0.39 is 0 Å². The Kier molecular flexibility index (Phi) is 7.47. The minimum Gasteiger partial charge on any atom is -0.463 e. The molecule has 0 saturated heterocycles. The third-order valence-corrected chi connectivity index (χ3v) is 4.01. The first kappa shape index (κ1) is 18.2. The van der Waals surface area contributed by atoms with E-state index in [2.05, 4.69) is 63.9 Å². The Morgan fingerprint density at radius 2 is 1.71 bits per heavy atom. The Morgan fingerprint density at radius 3 is 2.24 bits per heavy atom. The van der Waals surface area contributed by atoms with Crippen LogP contribution in [0.2, 0.25) is 0 Å². The maximum Gasteiger partial charge on any atom is 0.118 e. The average molecular weight is 294 g/mol. The zero-order valence-corrected chi connectivity index (χ0v) is 14.8. The molecule has 0 fully saturated rings. The monoisotopic (exact) mass is 294 g/mol. The van der Waals surface area contributed by atoms with Crippen molar-refractivity contribution >= 4 is 0 Å². The van der Waals surface area contributed by atoms with Crippen molar-refractivity contribution in [3.8, 4) is 0 Å². The summed E-state index contributed by atoms with van der Waals surface area (Å²) in [7, 11) is 0. The van der Waals surface area contributed by atoms with Gasteiger partial charge in [0.2, 0.25) is 0 Å². The van der Waals surface area contributed by atoms with Crippen LogP contribution in [0.5, 0.6) is 0 Å². The van der Waals surface area contributed by atoms with Gasteiger partial charge in [-0.3, -0.25) is 4.90 Å². The van der Waals surface area contributed by atoms with Gasteiger partial charge in [-0.1, -0.05) is 33.6 Å². The molecule has 0 aromatic carbocycles. The van der Waals surface area contributed by atoms with Gasteiger partial charge in [0, 0.05) is 12.1 Å². The van der Waals surface area contributed by atoms with Gasteiger partial charge in [0.05, 0.1) is 13.1 Å². The zero-order chi connectivity index (χ0) is 15.9. The number of hydrogen-bond donors (Lipinski definition) is 1. The second-order valence-electron chi connectivity index (χ2n) is 6.98. The van der Waals surface area contributed by atoms with Gasteiger partial charge in [0.25, 0.3) is 0 Å². The van der Waals surface area contributed by atoms with Crippen molar-refractivity contribution in [1.82, 2.24) is 10.2 Å². The number of furan rings is 1. The average Bonchev–Trinajstić information content (AvgIpc) is 2.88. The van der Waals surface area contributed by atoms with Gasteiger partial charge in [-0.2, -0.15) is 0 Å². The number of nitrogens with zero attached hydrogens (tertiary/aromatic N) is 1. The van der Waals surface area contributed by atoms with Crippen LogP contribution in [0.15, 0.2) is 16.5 Å². The van der Waals surface area contributed by atoms with Crippen molar-refractivity contribution in [2.24, 2.45) is 5.92 Å². The van der Waals surface area contributed by atoms with Crippen LogP contribution < -0.4 is 5.32 Å².